The van der Waals surface area contributed by atoms with E-state index in [1.807, 2.05) is 0 Å². The maximum atomic E-state index is 12.4. The number of nitrogens with one attached hydrogen (secondary N) is 2. The van der Waals surface area contributed by atoms with Crippen molar-refractivity contribution in [2.45, 2.75) is 38.3 Å². The van der Waals surface area contributed by atoms with E-state index in [0.29, 0.717) is 24.5 Å². The highest BCUT2D eigenvalue weighted by Gasteiger charge is 2.24. The van der Waals surface area contributed by atoms with Crippen LogP contribution in [0.3, 0.4) is 0 Å². The van der Waals surface area contributed by atoms with Gasteiger partial charge in [-0.3, -0.25) is 9.78 Å². The van der Waals surface area contributed by atoms with Crippen molar-refractivity contribution in [1.82, 2.24) is 24.7 Å². The number of rotatable bonds is 7. The Labute approximate surface area is 123 Å². The van der Waals surface area contributed by atoms with Crippen molar-refractivity contribution in [3.05, 3.63) is 29.3 Å². The molecule has 0 radical (unpaired) electrons. The lowest BCUT2D eigenvalue weighted by molar-refractivity contribution is 0.563. The zero-order chi connectivity index (χ0) is 15.5. The molecule has 0 saturated carbocycles. The first-order chi connectivity index (χ1) is 9.95. The van der Waals surface area contributed by atoms with Crippen LogP contribution < -0.4 is 10.5 Å². The largest absolute Gasteiger partial charge is 0.330 e. The molecule has 0 saturated heterocycles. The van der Waals surface area contributed by atoms with Crippen LogP contribution in [-0.2, 0) is 23.1 Å². The van der Waals surface area contributed by atoms with Gasteiger partial charge in [0.1, 0.15) is 4.90 Å². The van der Waals surface area contributed by atoms with Gasteiger partial charge >= 0.3 is 0 Å². The molecule has 0 aliphatic heterocycles. The van der Waals surface area contributed by atoms with Gasteiger partial charge in [-0.25, -0.2) is 13.1 Å². The van der Waals surface area contributed by atoms with Crippen molar-refractivity contribution in [2.24, 2.45) is 5.73 Å². The second-order valence-electron chi connectivity index (χ2n) is 4.80. The number of aromatic nitrogens is 4. The molecular weight excluding hydrogens is 292 g/mol. The zero-order valence-corrected chi connectivity index (χ0v) is 12.9. The predicted octanol–water partition coefficient (Wildman–Crippen LogP) is 0.0503. The Morgan fingerprint density at radius 3 is 2.81 bits per heavy atom. The van der Waals surface area contributed by atoms with Gasteiger partial charge in [-0.2, -0.15) is 10.2 Å². The van der Waals surface area contributed by atoms with E-state index in [-0.39, 0.29) is 11.4 Å². The van der Waals surface area contributed by atoms with E-state index in [1.54, 1.807) is 30.9 Å². The smallest absolute Gasteiger partial charge is 0.244 e. The van der Waals surface area contributed by atoms with Gasteiger partial charge in [0.2, 0.25) is 10.0 Å². The predicted molar refractivity (Wildman–Crippen MR) is 78.0 cm³/mol. The number of aryl methyl sites for hydroxylation is 2. The maximum Gasteiger partial charge on any atom is 0.244 e. The Morgan fingerprint density at radius 1 is 1.43 bits per heavy atom. The van der Waals surface area contributed by atoms with E-state index >= 15 is 0 Å². The summed E-state index contributed by atoms with van der Waals surface area (Å²) in [6.45, 7) is 4.78. The molecule has 0 spiro atoms. The minimum Gasteiger partial charge on any atom is -0.330 e. The second-order valence-corrected chi connectivity index (χ2v) is 6.50. The summed E-state index contributed by atoms with van der Waals surface area (Å²) in [7, 11) is -3.61. The van der Waals surface area contributed by atoms with Crippen LogP contribution >= 0.6 is 0 Å². The summed E-state index contributed by atoms with van der Waals surface area (Å²) in [5, 5.41) is 10.7. The molecule has 21 heavy (non-hydrogen) atoms. The lowest BCUT2D eigenvalue weighted by atomic mass is 10.4. The molecular formula is C12H20N6O2S. The Kier molecular flexibility index (Phi) is 4.76. The van der Waals surface area contributed by atoms with Crippen LogP contribution in [0.1, 0.15) is 23.4 Å². The summed E-state index contributed by atoms with van der Waals surface area (Å²) in [4.78, 5) is 0.239. The van der Waals surface area contributed by atoms with Crippen LogP contribution in [0.4, 0.5) is 0 Å². The summed E-state index contributed by atoms with van der Waals surface area (Å²) in [6, 6.07) is 0. The van der Waals surface area contributed by atoms with Crippen LogP contribution in [0, 0.1) is 13.8 Å². The molecule has 0 aliphatic rings. The fourth-order valence-corrected chi connectivity index (χ4v) is 3.58. The zero-order valence-electron chi connectivity index (χ0n) is 12.1. The topological polar surface area (TPSA) is 119 Å². The summed E-state index contributed by atoms with van der Waals surface area (Å²) in [5.41, 5.74) is 7.36. The van der Waals surface area contributed by atoms with E-state index in [2.05, 4.69) is 20.0 Å². The van der Waals surface area contributed by atoms with Crippen molar-refractivity contribution in [1.29, 1.82) is 0 Å². The third kappa shape index (κ3) is 3.49. The molecule has 0 amide bonds. The van der Waals surface area contributed by atoms with E-state index in [4.69, 9.17) is 5.73 Å². The van der Waals surface area contributed by atoms with Gasteiger partial charge in [0.15, 0.2) is 0 Å². The second kappa shape index (κ2) is 6.37. The highest BCUT2D eigenvalue weighted by molar-refractivity contribution is 7.89. The number of hydrogen-bond donors (Lipinski definition) is 3. The molecule has 116 valence electrons. The quantitative estimate of drug-likeness (QED) is 0.667. The number of hydrogen-bond acceptors (Lipinski definition) is 5. The van der Waals surface area contributed by atoms with Gasteiger partial charge in [-0.05, 0) is 26.8 Å². The molecule has 2 heterocycles. The van der Waals surface area contributed by atoms with Gasteiger partial charge < -0.3 is 5.73 Å². The van der Waals surface area contributed by atoms with E-state index < -0.39 is 10.0 Å². The highest BCUT2D eigenvalue weighted by atomic mass is 32.2. The first-order valence-corrected chi connectivity index (χ1v) is 8.15. The Balaban J connectivity index is 2.21. The molecule has 0 aromatic carbocycles. The standard InChI is InChI=1S/C12H20N6O2S/c1-9-12(10(2)18(17-9)5-3-4-13)21(19,20)16-8-11-6-14-15-7-11/h6-7,16H,3-5,8,13H2,1-2H3,(H,14,15). The normalized spacial score (nSPS) is 12.0. The lowest BCUT2D eigenvalue weighted by Crippen LogP contribution is -2.24. The van der Waals surface area contributed by atoms with E-state index in [9.17, 15) is 8.42 Å². The van der Waals surface area contributed by atoms with Gasteiger partial charge in [-0.1, -0.05) is 0 Å². The Hall–Kier alpha value is -1.71. The number of aromatic amines is 1. The molecule has 0 unspecified atom stereocenters. The number of nitrogens with two attached hydrogens (primary N) is 1. The van der Waals surface area contributed by atoms with Crippen molar-refractivity contribution in [2.75, 3.05) is 6.54 Å². The van der Waals surface area contributed by atoms with Gasteiger partial charge in [-0.15, -0.1) is 0 Å². The summed E-state index contributed by atoms with van der Waals surface area (Å²) >= 11 is 0. The molecule has 0 fully saturated rings. The van der Waals surface area contributed by atoms with E-state index in [1.165, 1.54) is 0 Å². The third-order valence-corrected chi connectivity index (χ3v) is 4.83. The number of H-pyrrole nitrogens is 1. The molecule has 2 rings (SSSR count). The molecule has 2 aromatic heterocycles. The van der Waals surface area contributed by atoms with Crippen LogP contribution in [0.25, 0.3) is 0 Å². The molecule has 0 bridgehead atoms. The lowest BCUT2D eigenvalue weighted by Gasteiger charge is -2.07. The van der Waals surface area contributed by atoms with Crippen molar-refractivity contribution >= 4 is 10.0 Å². The molecule has 0 atom stereocenters. The van der Waals surface area contributed by atoms with Crippen LogP contribution in [-0.4, -0.2) is 34.9 Å². The van der Waals surface area contributed by atoms with Crippen LogP contribution in [0.2, 0.25) is 0 Å². The van der Waals surface area contributed by atoms with E-state index in [0.717, 1.165) is 12.0 Å². The molecule has 0 aliphatic carbocycles. The van der Waals surface area contributed by atoms with Crippen LogP contribution in [0.5, 0.6) is 0 Å². The summed E-state index contributed by atoms with van der Waals surface area (Å²) in [6.07, 6.45) is 3.98. The Morgan fingerprint density at radius 2 is 2.19 bits per heavy atom. The number of sulfonamides is 1. The first kappa shape index (κ1) is 15.7. The molecule has 8 nitrogen and oxygen atoms in total. The summed E-state index contributed by atoms with van der Waals surface area (Å²) in [5.74, 6) is 0. The molecule has 9 heteroatoms. The first-order valence-electron chi connectivity index (χ1n) is 6.67. The fourth-order valence-electron chi connectivity index (χ4n) is 2.15. The molecule has 4 N–H and O–H groups in total. The average molecular weight is 312 g/mol. The van der Waals surface area contributed by atoms with Crippen molar-refractivity contribution in [3.63, 3.8) is 0 Å². The monoisotopic (exact) mass is 312 g/mol. The third-order valence-electron chi connectivity index (χ3n) is 3.18. The van der Waals surface area contributed by atoms with Crippen LogP contribution in [0.15, 0.2) is 17.3 Å². The van der Waals surface area contributed by atoms with Crippen molar-refractivity contribution < 1.29 is 8.42 Å². The van der Waals surface area contributed by atoms with Gasteiger partial charge in [0.05, 0.1) is 17.6 Å². The van der Waals surface area contributed by atoms with Gasteiger partial charge in [0.25, 0.3) is 0 Å². The van der Waals surface area contributed by atoms with Gasteiger partial charge in [0, 0.05) is 24.8 Å². The highest BCUT2D eigenvalue weighted by Crippen LogP contribution is 2.19. The minimum absolute atomic E-state index is 0.186. The SMILES string of the molecule is Cc1nn(CCCN)c(C)c1S(=O)(=O)NCc1cn[nH]c1. The fraction of sp³-hybridized carbons (Fsp3) is 0.500. The summed E-state index contributed by atoms with van der Waals surface area (Å²) < 4.78 is 29.1. The molecule has 2 aromatic rings. The average Bonchev–Trinajstić information content (AvgIpc) is 3.03. The van der Waals surface area contributed by atoms with Crippen molar-refractivity contribution in [3.8, 4) is 0 Å². The minimum atomic E-state index is -3.61. The Bertz CT molecular complexity index is 690. The maximum absolute atomic E-state index is 12.4. The number of nitrogens with zero attached hydrogens (tertiary/aromatic N) is 3.